The molecule has 15 heavy (non-hydrogen) atoms. The highest BCUT2D eigenvalue weighted by molar-refractivity contribution is 4.90. The summed E-state index contributed by atoms with van der Waals surface area (Å²) in [7, 11) is 0. The number of piperidine rings is 1. The lowest BCUT2D eigenvalue weighted by molar-refractivity contribution is -0.140. The summed E-state index contributed by atoms with van der Waals surface area (Å²) in [5.41, 5.74) is 0.605. The van der Waals surface area contributed by atoms with Crippen LogP contribution in [-0.4, -0.2) is 37.7 Å². The molecule has 2 heteroatoms. The first-order valence-electron chi connectivity index (χ1n) is 6.50. The fraction of sp³-hybridized carbons (Fsp3) is 1.00. The molecule has 0 aliphatic carbocycles. The van der Waals surface area contributed by atoms with Crippen molar-refractivity contribution in [3.05, 3.63) is 0 Å². The van der Waals surface area contributed by atoms with Crippen LogP contribution in [-0.2, 0) is 4.74 Å². The third-order valence-corrected chi connectivity index (χ3v) is 3.36. The van der Waals surface area contributed by atoms with Gasteiger partial charge in [0.05, 0.1) is 13.2 Å². The summed E-state index contributed by atoms with van der Waals surface area (Å²) in [6, 6.07) is 0. The minimum absolute atomic E-state index is 0.605. The first kappa shape index (κ1) is 13.0. The van der Waals surface area contributed by atoms with Gasteiger partial charge in [0.25, 0.3) is 0 Å². The highest BCUT2D eigenvalue weighted by Crippen LogP contribution is 2.38. The second-order valence-corrected chi connectivity index (χ2v) is 5.19. The van der Waals surface area contributed by atoms with Crippen LogP contribution in [0.3, 0.4) is 0 Å². The lowest BCUT2D eigenvalue weighted by Crippen LogP contribution is -2.51. The number of rotatable bonds is 2. The maximum atomic E-state index is 5.31. The number of likely N-dealkylation sites (tertiary alicyclic amines) is 1. The number of nitrogens with zero attached hydrogens (tertiary/aromatic N) is 1. The molecular weight excluding hydrogens is 186 g/mol. The van der Waals surface area contributed by atoms with Gasteiger partial charge in [-0.1, -0.05) is 27.7 Å². The van der Waals surface area contributed by atoms with E-state index in [1.165, 1.54) is 32.5 Å². The Morgan fingerprint density at radius 2 is 1.67 bits per heavy atom. The molecule has 0 aromatic carbocycles. The average molecular weight is 213 g/mol. The summed E-state index contributed by atoms with van der Waals surface area (Å²) >= 11 is 0. The van der Waals surface area contributed by atoms with Crippen LogP contribution < -0.4 is 0 Å². The molecule has 2 saturated heterocycles. The van der Waals surface area contributed by atoms with E-state index in [2.05, 4.69) is 18.7 Å². The minimum atomic E-state index is 0.605. The smallest absolute Gasteiger partial charge is 0.0545 e. The molecule has 2 rings (SSSR count). The molecule has 0 N–H and O–H groups in total. The molecule has 0 atom stereocenters. The van der Waals surface area contributed by atoms with E-state index in [1.54, 1.807) is 0 Å². The molecule has 0 bridgehead atoms. The maximum Gasteiger partial charge on any atom is 0.0545 e. The SMILES string of the molecule is CC.CC(C)CN1CCC2(CC1)COC2. The highest BCUT2D eigenvalue weighted by atomic mass is 16.5. The Labute approximate surface area is 95.0 Å². The lowest BCUT2D eigenvalue weighted by atomic mass is 9.77. The van der Waals surface area contributed by atoms with Crippen molar-refractivity contribution in [2.24, 2.45) is 11.3 Å². The van der Waals surface area contributed by atoms with E-state index in [1.807, 2.05) is 13.8 Å². The van der Waals surface area contributed by atoms with Crippen LogP contribution in [0.15, 0.2) is 0 Å². The Hall–Kier alpha value is -0.0800. The van der Waals surface area contributed by atoms with Crippen LogP contribution in [0.5, 0.6) is 0 Å². The predicted molar refractivity (Wildman–Crippen MR) is 65.1 cm³/mol. The highest BCUT2D eigenvalue weighted by Gasteiger charge is 2.40. The first-order chi connectivity index (χ1) is 7.20. The van der Waals surface area contributed by atoms with Crippen molar-refractivity contribution in [3.63, 3.8) is 0 Å². The topological polar surface area (TPSA) is 12.5 Å². The van der Waals surface area contributed by atoms with Gasteiger partial charge < -0.3 is 9.64 Å². The van der Waals surface area contributed by atoms with Gasteiger partial charge in [-0.05, 0) is 31.8 Å². The fourth-order valence-corrected chi connectivity index (χ4v) is 2.41. The molecule has 2 aliphatic heterocycles. The first-order valence-corrected chi connectivity index (χ1v) is 6.50. The summed E-state index contributed by atoms with van der Waals surface area (Å²) in [4.78, 5) is 2.61. The van der Waals surface area contributed by atoms with Gasteiger partial charge in [0, 0.05) is 12.0 Å². The summed E-state index contributed by atoms with van der Waals surface area (Å²) in [5.74, 6) is 0.812. The fourth-order valence-electron chi connectivity index (χ4n) is 2.41. The summed E-state index contributed by atoms with van der Waals surface area (Å²) in [6.07, 6.45) is 2.72. The molecule has 0 unspecified atom stereocenters. The van der Waals surface area contributed by atoms with E-state index in [-0.39, 0.29) is 0 Å². The molecule has 0 amide bonds. The van der Waals surface area contributed by atoms with Crippen molar-refractivity contribution < 1.29 is 4.74 Å². The summed E-state index contributed by atoms with van der Waals surface area (Å²) < 4.78 is 5.31. The van der Waals surface area contributed by atoms with Crippen molar-refractivity contribution in [2.45, 2.75) is 40.5 Å². The molecule has 0 saturated carbocycles. The van der Waals surface area contributed by atoms with Crippen molar-refractivity contribution in [2.75, 3.05) is 32.8 Å². The van der Waals surface area contributed by atoms with Crippen molar-refractivity contribution in [3.8, 4) is 0 Å². The Bertz CT molecular complexity index is 165. The second kappa shape index (κ2) is 5.86. The van der Waals surface area contributed by atoms with Crippen LogP contribution in [0.25, 0.3) is 0 Å². The molecule has 2 heterocycles. The normalized spacial score (nSPS) is 24.6. The van der Waals surface area contributed by atoms with Gasteiger partial charge in [-0.3, -0.25) is 0 Å². The lowest BCUT2D eigenvalue weighted by Gasteiger charge is -2.47. The van der Waals surface area contributed by atoms with Gasteiger partial charge in [-0.15, -0.1) is 0 Å². The average Bonchev–Trinajstić information content (AvgIpc) is 2.19. The quantitative estimate of drug-likeness (QED) is 0.699. The molecule has 1 spiro atoms. The molecule has 90 valence electrons. The third kappa shape index (κ3) is 3.46. The molecule has 0 aromatic rings. The van der Waals surface area contributed by atoms with E-state index < -0.39 is 0 Å². The van der Waals surface area contributed by atoms with E-state index >= 15 is 0 Å². The Morgan fingerprint density at radius 3 is 2.00 bits per heavy atom. The van der Waals surface area contributed by atoms with Gasteiger partial charge >= 0.3 is 0 Å². The molecule has 2 aliphatic rings. The van der Waals surface area contributed by atoms with E-state index in [0.29, 0.717) is 5.41 Å². The standard InChI is InChI=1S/C11H21NO.C2H6/c1-10(2)7-12-5-3-11(4-6-12)8-13-9-11;1-2/h10H,3-9H2,1-2H3;1-2H3. The number of hydrogen-bond donors (Lipinski definition) is 0. The second-order valence-electron chi connectivity index (χ2n) is 5.19. The molecule has 2 fully saturated rings. The van der Waals surface area contributed by atoms with Gasteiger partial charge in [0.1, 0.15) is 0 Å². The van der Waals surface area contributed by atoms with Crippen molar-refractivity contribution >= 4 is 0 Å². The molecule has 0 radical (unpaired) electrons. The molecular formula is C13H27NO. The Morgan fingerprint density at radius 1 is 1.13 bits per heavy atom. The van der Waals surface area contributed by atoms with Gasteiger partial charge in [-0.2, -0.15) is 0 Å². The van der Waals surface area contributed by atoms with Crippen LogP contribution >= 0.6 is 0 Å². The largest absolute Gasteiger partial charge is 0.380 e. The van der Waals surface area contributed by atoms with Crippen LogP contribution in [0, 0.1) is 11.3 Å². The van der Waals surface area contributed by atoms with E-state index in [4.69, 9.17) is 4.74 Å². The predicted octanol–water partition coefficient (Wildman–Crippen LogP) is 2.78. The maximum absolute atomic E-state index is 5.31. The van der Waals surface area contributed by atoms with Crippen LogP contribution in [0.4, 0.5) is 0 Å². The third-order valence-electron chi connectivity index (χ3n) is 3.36. The van der Waals surface area contributed by atoms with E-state index in [0.717, 1.165) is 19.1 Å². The Kier molecular flexibility index (Phi) is 5.07. The van der Waals surface area contributed by atoms with Crippen LogP contribution in [0.2, 0.25) is 0 Å². The Balaban J connectivity index is 0.000000531. The van der Waals surface area contributed by atoms with Gasteiger partial charge in [0.2, 0.25) is 0 Å². The van der Waals surface area contributed by atoms with Crippen LogP contribution in [0.1, 0.15) is 40.5 Å². The zero-order chi connectivity index (χ0) is 11.3. The summed E-state index contributed by atoms with van der Waals surface area (Å²) in [5, 5.41) is 0. The van der Waals surface area contributed by atoms with Crippen molar-refractivity contribution in [1.29, 1.82) is 0 Å². The van der Waals surface area contributed by atoms with Crippen molar-refractivity contribution in [1.82, 2.24) is 4.90 Å². The zero-order valence-electron chi connectivity index (χ0n) is 10.9. The van der Waals surface area contributed by atoms with Gasteiger partial charge in [0.15, 0.2) is 0 Å². The monoisotopic (exact) mass is 213 g/mol. The van der Waals surface area contributed by atoms with Gasteiger partial charge in [-0.25, -0.2) is 0 Å². The molecule has 2 nitrogen and oxygen atoms in total. The molecule has 0 aromatic heterocycles. The zero-order valence-corrected chi connectivity index (χ0v) is 10.9. The number of hydrogen-bond acceptors (Lipinski definition) is 2. The van der Waals surface area contributed by atoms with E-state index in [9.17, 15) is 0 Å². The minimum Gasteiger partial charge on any atom is -0.380 e. The number of ether oxygens (including phenoxy) is 1. The summed E-state index contributed by atoms with van der Waals surface area (Å²) in [6.45, 7) is 14.5.